The summed E-state index contributed by atoms with van der Waals surface area (Å²) in [6, 6.07) is 18.1. The maximum absolute atomic E-state index is 13.9. The number of allylic oxidation sites excluding steroid dienone is 1. The van der Waals surface area contributed by atoms with Gasteiger partial charge in [-0.3, -0.25) is 9.36 Å². The molecule has 0 aliphatic carbocycles. The van der Waals surface area contributed by atoms with Gasteiger partial charge in [0.1, 0.15) is 24.7 Å². The highest BCUT2D eigenvalue weighted by molar-refractivity contribution is 7.07. The number of ether oxygens (including phenoxy) is 5. The highest BCUT2D eigenvalue weighted by Crippen LogP contribution is 2.32. The molecule has 0 radical (unpaired) electrons. The van der Waals surface area contributed by atoms with E-state index in [1.165, 1.54) is 11.3 Å². The number of benzene rings is 3. The van der Waals surface area contributed by atoms with E-state index in [2.05, 4.69) is 11.1 Å². The van der Waals surface area contributed by atoms with Crippen LogP contribution in [0.15, 0.2) is 81.7 Å². The molecule has 0 unspecified atom stereocenters. The molecule has 234 valence electrons. The zero-order valence-electron chi connectivity index (χ0n) is 26.2. The number of hydrogen-bond donors (Lipinski definition) is 0. The lowest BCUT2D eigenvalue weighted by molar-refractivity contribution is -0.139. The van der Waals surface area contributed by atoms with Crippen LogP contribution in [0.5, 0.6) is 23.0 Å². The molecule has 0 bridgehead atoms. The predicted octanol–water partition coefficient (Wildman–Crippen LogP) is 4.89. The van der Waals surface area contributed by atoms with Gasteiger partial charge in [-0.1, -0.05) is 35.6 Å². The van der Waals surface area contributed by atoms with Gasteiger partial charge in [0.15, 0.2) is 16.3 Å². The van der Waals surface area contributed by atoms with Crippen molar-refractivity contribution < 1.29 is 28.5 Å². The number of rotatable bonds is 11. The molecular weight excluding hydrogens is 592 g/mol. The van der Waals surface area contributed by atoms with E-state index >= 15 is 0 Å². The van der Waals surface area contributed by atoms with E-state index in [-0.39, 0.29) is 12.2 Å². The van der Waals surface area contributed by atoms with Crippen LogP contribution in [0.1, 0.15) is 42.1 Å². The van der Waals surface area contributed by atoms with Crippen LogP contribution in [-0.2, 0) is 9.53 Å². The molecule has 1 aromatic heterocycles. The van der Waals surface area contributed by atoms with Gasteiger partial charge in [0, 0.05) is 0 Å². The standard InChI is InChI=1S/C35H36N2O7S/c1-7-42-34(39)31-23(4)36-35-37(32(31)25-9-11-26(40-5)12-10-25)33(38)30(45-35)20-24-8-13-28(29(19-24)41-6)44-15-14-43-27-17-21(2)16-22(3)18-27/h8-13,16-20,32H,7,14-15H2,1-6H3/b30-20+/t32-/m0/s1. The summed E-state index contributed by atoms with van der Waals surface area (Å²) < 4.78 is 30.1. The fraction of sp³-hybridized carbons (Fsp3) is 0.286. The first kappa shape index (κ1) is 31.6. The molecule has 0 spiro atoms. The van der Waals surface area contributed by atoms with Gasteiger partial charge in [-0.05, 0) is 92.4 Å². The number of hydrogen-bond acceptors (Lipinski definition) is 9. The quantitative estimate of drug-likeness (QED) is 0.172. The summed E-state index contributed by atoms with van der Waals surface area (Å²) in [5.74, 6) is 2.06. The van der Waals surface area contributed by atoms with Crippen LogP contribution < -0.4 is 33.8 Å². The van der Waals surface area contributed by atoms with Gasteiger partial charge in [0.25, 0.3) is 5.56 Å². The average molecular weight is 629 g/mol. The Morgan fingerprint density at radius 1 is 0.889 bits per heavy atom. The molecular formula is C35H36N2O7S. The summed E-state index contributed by atoms with van der Waals surface area (Å²) in [5.41, 5.74) is 4.33. The number of nitrogens with zero attached hydrogens (tertiary/aromatic N) is 2. The molecule has 0 saturated heterocycles. The topological polar surface area (TPSA) is 97.6 Å². The van der Waals surface area contributed by atoms with Gasteiger partial charge < -0.3 is 23.7 Å². The first-order valence-electron chi connectivity index (χ1n) is 14.6. The summed E-state index contributed by atoms with van der Waals surface area (Å²) in [7, 11) is 3.15. The summed E-state index contributed by atoms with van der Waals surface area (Å²) in [6.45, 7) is 8.48. The second-order valence-corrected chi connectivity index (χ2v) is 11.5. The second-order valence-electron chi connectivity index (χ2n) is 10.5. The summed E-state index contributed by atoms with van der Waals surface area (Å²) in [4.78, 5) is 32.2. The van der Waals surface area contributed by atoms with Crippen LogP contribution in [0, 0.1) is 13.8 Å². The number of fused-ring (bicyclic) bond motifs is 1. The normalized spacial score (nSPS) is 14.4. The van der Waals surface area contributed by atoms with E-state index in [1.54, 1.807) is 50.8 Å². The Morgan fingerprint density at radius 3 is 2.27 bits per heavy atom. The van der Waals surface area contributed by atoms with Crippen molar-refractivity contribution in [1.82, 2.24) is 4.57 Å². The fourth-order valence-electron chi connectivity index (χ4n) is 5.27. The van der Waals surface area contributed by atoms with E-state index in [0.717, 1.165) is 28.0 Å². The van der Waals surface area contributed by atoms with Gasteiger partial charge in [0.2, 0.25) is 0 Å². The highest BCUT2D eigenvalue weighted by Gasteiger charge is 2.33. The minimum atomic E-state index is -0.704. The molecule has 0 N–H and O–H groups in total. The number of aromatic nitrogens is 1. The lowest BCUT2D eigenvalue weighted by atomic mass is 9.96. The van der Waals surface area contributed by atoms with Crippen molar-refractivity contribution in [1.29, 1.82) is 0 Å². The van der Waals surface area contributed by atoms with Crippen LogP contribution in [0.25, 0.3) is 6.08 Å². The van der Waals surface area contributed by atoms with Crippen molar-refractivity contribution >= 4 is 23.4 Å². The van der Waals surface area contributed by atoms with Crippen LogP contribution in [0.2, 0.25) is 0 Å². The molecule has 1 atom stereocenters. The third kappa shape index (κ3) is 6.96. The van der Waals surface area contributed by atoms with E-state index in [9.17, 15) is 9.59 Å². The molecule has 9 nitrogen and oxygen atoms in total. The minimum absolute atomic E-state index is 0.205. The van der Waals surface area contributed by atoms with Gasteiger partial charge >= 0.3 is 5.97 Å². The maximum Gasteiger partial charge on any atom is 0.338 e. The largest absolute Gasteiger partial charge is 0.497 e. The molecule has 0 saturated carbocycles. The fourth-order valence-corrected chi connectivity index (χ4v) is 6.31. The van der Waals surface area contributed by atoms with Crippen LogP contribution >= 0.6 is 11.3 Å². The van der Waals surface area contributed by atoms with Crippen molar-refractivity contribution in [3.8, 4) is 23.0 Å². The Bertz CT molecular complexity index is 1900. The zero-order chi connectivity index (χ0) is 32.1. The molecule has 4 aromatic rings. The van der Waals surface area contributed by atoms with Gasteiger partial charge in [-0.2, -0.15) is 0 Å². The molecule has 2 heterocycles. The van der Waals surface area contributed by atoms with Gasteiger partial charge in [0.05, 0.1) is 42.7 Å². The molecule has 0 amide bonds. The van der Waals surface area contributed by atoms with E-state index < -0.39 is 12.0 Å². The summed E-state index contributed by atoms with van der Waals surface area (Å²) >= 11 is 1.26. The number of thiazole rings is 1. The Balaban J connectivity index is 1.43. The molecule has 10 heteroatoms. The van der Waals surface area contributed by atoms with Crippen molar-refractivity contribution in [2.45, 2.75) is 33.7 Å². The molecule has 1 aliphatic rings. The van der Waals surface area contributed by atoms with Crippen LogP contribution in [0.3, 0.4) is 0 Å². The number of esters is 1. The lowest BCUT2D eigenvalue weighted by Gasteiger charge is -2.24. The maximum atomic E-state index is 13.9. The van der Waals surface area contributed by atoms with Crippen molar-refractivity contribution in [2.24, 2.45) is 4.99 Å². The van der Waals surface area contributed by atoms with E-state index in [1.807, 2.05) is 56.3 Å². The molecule has 1 aliphatic heterocycles. The first-order valence-corrected chi connectivity index (χ1v) is 15.4. The van der Waals surface area contributed by atoms with Crippen molar-refractivity contribution in [2.75, 3.05) is 34.0 Å². The third-order valence-corrected chi connectivity index (χ3v) is 8.22. The predicted molar refractivity (Wildman–Crippen MR) is 173 cm³/mol. The molecule has 45 heavy (non-hydrogen) atoms. The Hall–Kier alpha value is -4.83. The monoisotopic (exact) mass is 628 g/mol. The Morgan fingerprint density at radius 2 is 1.60 bits per heavy atom. The third-order valence-electron chi connectivity index (χ3n) is 7.24. The Labute approximate surface area is 265 Å². The van der Waals surface area contributed by atoms with Crippen LogP contribution in [0.4, 0.5) is 0 Å². The number of carbonyl (C=O) groups is 1. The lowest BCUT2D eigenvalue weighted by Crippen LogP contribution is -2.39. The summed E-state index contributed by atoms with van der Waals surface area (Å²) in [6.07, 6.45) is 1.79. The zero-order valence-corrected chi connectivity index (χ0v) is 27.0. The highest BCUT2D eigenvalue weighted by atomic mass is 32.1. The van der Waals surface area contributed by atoms with Gasteiger partial charge in [-0.15, -0.1) is 0 Å². The van der Waals surface area contributed by atoms with Gasteiger partial charge in [-0.25, -0.2) is 9.79 Å². The second kappa shape index (κ2) is 13.9. The van der Waals surface area contributed by atoms with E-state index in [4.69, 9.17) is 23.7 Å². The Kier molecular flexibility index (Phi) is 9.73. The average Bonchev–Trinajstić information content (AvgIpc) is 3.32. The van der Waals surface area contributed by atoms with Crippen LogP contribution in [-0.4, -0.2) is 44.6 Å². The first-order chi connectivity index (χ1) is 21.7. The SMILES string of the molecule is CCOC(=O)C1=C(C)N=c2s/c(=C/c3ccc(OCCOc4cc(C)cc(C)c4)c(OC)c3)c(=O)n2[C@H]1c1ccc(OC)cc1. The number of carbonyl (C=O) groups excluding carboxylic acids is 1. The smallest absolute Gasteiger partial charge is 0.338 e. The number of methoxy groups -OCH3 is 2. The number of aryl methyl sites for hydroxylation is 2. The molecule has 5 rings (SSSR count). The molecule has 3 aromatic carbocycles. The van der Waals surface area contributed by atoms with E-state index in [0.29, 0.717) is 51.1 Å². The van der Waals surface area contributed by atoms with Crippen molar-refractivity contribution in [3.05, 3.63) is 114 Å². The summed E-state index contributed by atoms with van der Waals surface area (Å²) in [5, 5.41) is 0. The minimum Gasteiger partial charge on any atom is -0.497 e. The van der Waals surface area contributed by atoms with Crippen molar-refractivity contribution in [3.63, 3.8) is 0 Å². The molecule has 0 fully saturated rings.